The minimum absolute atomic E-state index is 0.275. The van der Waals surface area contributed by atoms with Gasteiger partial charge in [-0.15, -0.1) is 0 Å². The number of benzene rings is 6. The van der Waals surface area contributed by atoms with Crippen molar-refractivity contribution in [1.29, 1.82) is 0 Å². The fourth-order valence-corrected chi connectivity index (χ4v) is 10.9. The van der Waals surface area contributed by atoms with Crippen LogP contribution >= 0.6 is 21.6 Å². The van der Waals surface area contributed by atoms with Crippen molar-refractivity contribution >= 4 is 33.0 Å². The van der Waals surface area contributed by atoms with Gasteiger partial charge in [0.2, 0.25) is 0 Å². The predicted molar refractivity (Wildman–Crippen MR) is 295 cm³/mol. The van der Waals surface area contributed by atoms with Gasteiger partial charge in [-0.05, 0) is 95.5 Å². The van der Waals surface area contributed by atoms with Gasteiger partial charge in [0.1, 0.15) is 23.1 Å². The monoisotopic (exact) mass is 976 g/mol. The van der Waals surface area contributed by atoms with Crippen LogP contribution in [0.4, 0.5) is 20.2 Å². The van der Waals surface area contributed by atoms with Crippen LogP contribution in [0.25, 0.3) is 54.2 Å². The molecule has 8 heteroatoms. The molecule has 0 aliphatic carbocycles. The first-order valence-corrected chi connectivity index (χ1v) is 28.3. The molecule has 0 bridgehead atoms. The molecule has 0 amide bonds. The third-order valence-electron chi connectivity index (χ3n) is 12.8. The van der Waals surface area contributed by atoms with Crippen LogP contribution in [0.5, 0.6) is 11.5 Å². The van der Waals surface area contributed by atoms with Gasteiger partial charge in [-0.25, -0.2) is 18.5 Å². The van der Waals surface area contributed by atoms with Crippen LogP contribution in [0, 0.1) is 24.8 Å². The van der Waals surface area contributed by atoms with Crippen LogP contribution < -0.4 is 9.47 Å². The number of hydrogen-bond donors (Lipinski definition) is 0. The maximum Gasteiger partial charge on any atom is 0.187 e. The predicted octanol–water partition coefficient (Wildman–Crippen LogP) is 20.4. The molecule has 366 valence electrons. The van der Waals surface area contributed by atoms with E-state index in [0.717, 1.165) is 70.9 Å². The molecule has 0 aliphatic rings. The highest BCUT2D eigenvalue weighted by Crippen LogP contribution is 2.32. The van der Waals surface area contributed by atoms with E-state index in [1.165, 1.54) is 127 Å². The molecule has 0 radical (unpaired) electrons. The molecule has 0 unspecified atom stereocenters. The summed E-state index contributed by atoms with van der Waals surface area (Å²) in [5.74, 6) is 3.73. The third-order valence-corrected chi connectivity index (χ3v) is 15.4. The average molecular weight is 977 g/mol. The fraction of sp³-hybridized carbons (Fsp3) is 0.387. The Hall–Kier alpha value is -5.54. The molecule has 0 N–H and O–H groups in total. The second-order valence-electron chi connectivity index (χ2n) is 18.2. The normalized spacial score (nSPS) is 11.0. The first-order chi connectivity index (χ1) is 34.5. The third kappa shape index (κ3) is 19.0. The van der Waals surface area contributed by atoms with Gasteiger partial charge in [0.05, 0.1) is 26.4 Å². The molecule has 70 heavy (non-hydrogen) atoms. The van der Waals surface area contributed by atoms with Gasteiger partial charge >= 0.3 is 0 Å². The molecule has 0 spiro atoms. The summed E-state index contributed by atoms with van der Waals surface area (Å²) < 4.78 is 41.9. The summed E-state index contributed by atoms with van der Waals surface area (Å²) in [6, 6.07) is 40.5. The Morgan fingerprint density at radius 1 is 0.329 bits per heavy atom. The molecular weight excluding hydrogens is 907 g/mol. The Morgan fingerprint density at radius 2 is 0.614 bits per heavy atom. The standard InChI is InChI=1S/C62H70F2N2O2S2/c1-65-55-33-23-51(24-34-55)59-41-31-53(47-61(59)63)49-27-37-57(38-28-49)67-43-19-15-11-7-3-5-9-13-17-21-45-69-70-46-22-18-14-10-6-4-8-12-16-20-44-68-58-39-29-50(30-40-58)54-32-42-60(62(64)48-54)52-25-35-56(66-2)36-26-52/h23-42,47-48H,3-22,43-46H2. The Labute approximate surface area is 426 Å². The van der Waals surface area contributed by atoms with Crippen molar-refractivity contribution in [1.82, 2.24) is 0 Å². The Kier molecular flexibility index (Phi) is 24.3. The van der Waals surface area contributed by atoms with Crippen molar-refractivity contribution in [2.75, 3.05) is 24.7 Å². The summed E-state index contributed by atoms with van der Waals surface area (Å²) in [5, 5.41) is 0. The van der Waals surface area contributed by atoms with Gasteiger partial charge in [-0.2, -0.15) is 0 Å². The van der Waals surface area contributed by atoms with Gasteiger partial charge in [0.25, 0.3) is 0 Å². The lowest BCUT2D eigenvalue weighted by Crippen LogP contribution is -1.97. The van der Waals surface area contributed by atoms with Crippen LogP contribution in [0.1, 0.15) is 128 Å². The van der Waals surface area contributed by atoms with E-state index in [0.29, 0.717) is 22.5 Å². The number of rotatable bonds is 33. The maximum absolute atomic E-state index is 15.0. The first-order valence-electron chi connectivity index (χ1n) is 25.8. The summed E-state index contributed by atoms with van der Waals surface area (Å²) in [4.78, 5) is 6.82. The van der Waals surface area contributed by atoms with E-state index in [-0.39, 0.29) is 11.6 Å². The topological polar surface area (TPSA) is 27.2 Å². The molecule has 6 aromatic rings. The minimum atomic E-state index is -0.275. The van der Waals surface area contributed by atoms with Crippen molar-refractivity contribution < 1.29 is 18.3 Å². The van der Waals surface area contributed by atoms with E-state index < -0.39 is 0 Å². The van der Waals surface area contributed by atoms with Gasteiger partial charge in [0.15, 0.2) is 11.4 Å². The van der Waals surface area contributed by atoms with Gasteiger partial charge in [0, 0.05) is 22.6 Å². The smallest absolute Gasteiger partial charge is 0.187 e. The van der Waals surface area contributed by atoms with E-state index in [1.54, 1.807) is 72.8 Å². The maximum atomic E-state index is 15.0. The SMILES string of the molecule is [C-]#[N+]c1ccc(-c2ccc(-c3ccc(OCCCCCCCCCCCCSSCCCCCCCCCCCCOc4ccc(-c5ccc(-c6ccc([N+]#[C-])cc6)c(F)c5)cc4)cc3)cc2F)cc1. The molecule has 6 aromatic carbocycles. The molecule has 0 fully saturated rings. The summed E-state index contributed by atoms with van der Waals surface area (Å²) in [5.41, 5.74) is 7.25. The quantitative estimate of drug-likeness (QED) is 0.0233. The second kappa shape index (κ2) is 31.6. The van der Waals surface area contributed by atoms with E-state index in [2.05, 4.69) is 31.3 Å². The first kappa shape index (κ1) is 53.8. The van der Waals surface area contributed by atoms with Gasteiger partial charge in [-0.1, -0.05) is 221 Å². The van der Waals surface area contributed by atoms with Crippen molar-refractivity contribution in [2.24, 2.45) is 0 Å². The molecule has 0 aromatic heterocycles. The molecule has 0 saturated heterocycles. The van der Waals surface area contributed by atoms with Crippen molar-refractivity contribution in [3.8, 4) is 56.0 Å². The molecule has 4 nitrogen and oxygen atoms in total. The van der Waals surface area contributed by atoms with E-state index >= 15 is 0 Å². The van der Waals surface area contributed by atoms with Gasteiger partial charge in [-0.3, -0.25) is 0 Å². The number of hydrogen-bond acceptors (Lipinski definition) is 4. The Bertz CT molecular complexity index is 2320. The summed E-state index contributed by atoms with van der Waals surface area (Å²) >= 11 is 0. The number of ether oxygens (including phenoxy) is 2. The van der Waals surface area contributed by atoms with Crippen LogP contribution in [-0.2, 0) is 0 Å². The fourth-order valence-electron chi connectivity index (χ4n) is 8.63. The second-order valence-corrected chi connectivity index (χ2v) is 20.9. The van der Waals surface area contributed by atoms with Crippen LogP contribution in [-0.4, -0.2) is 24.7 Å². The zero-order valence-electron chi connectivity index (χ0n) is 41.0. The zero-order chi connectivity index (χ0) is 48.9. The van der Waals surface area contributed by atoms with E-state index in [4.69, 9.17) is 22.6 Å². The minimum Gasteiger partial charge on any atom is -0.494 e. The highest BCUT2D eigenvalue weighted by molar-refractivity contribution is 8.76. The van der Waals surface area contributed by atoms with Crippen LogP contribution in [0.15, 0.2) is 133 Å². The van der Waals surface area contributed by atoms with Crippen LogP contribution in [0.3, 0.4) is 0 Å². The summed E-state index contributed by atoms with van der Waals surface area (Å²) in [6.07, 6.45) is 26.0. The van der Waals surface area contributed by atoms with Crippen LogP contribution in [0.2, 0.25) is 0 Å². The Balaban J connectivity index is 0.648. The van der Waals surface area contributed by atoms with Crippen molar-refractivity contribution in [3.63, 3.8) is 0 Å². The van der Waals surface area contributed by atoms with E-state index in [9.17, 15) is 8.78 Å². The van der Waals surface area contributed by atoms with Crippen molar-refractivity contribution in [3.05, 3.63) is 168 Å². The summed E-state index contributed by atoms with van der Waals surface area (Å²) in [6.45, 7) is 15.7. The average Bonchev–Trinajstić information content (AvgIpc) is 3.40. The molecule has 0 saturated carbocycles. The molecule has 0 atom stereocenters. The highest BCUT2D eigenvalue weighted by Gasteiger charge is 2.10. The molecule has 6 rings (SSSR count). The molecule has 0 heterocycles. The highest BCUT2D eigenvalue weighted by atomic mass is 33.1. The lowest BCUT2D eigenvalue weighted by Gasteiger charge is -2.09. The number of halogens is 2. The molecule has 0 aliphatic heterocycles. The van der Waals surface area contributed by atoms with Gasteiger partial charge < -0.3 is 9.47 Å². The summed E-state index contributed by atoms with van der Waals surface area (Å²) in [7, 11) is 4.16. The largest absolute Gasteiger partial charge is 0.494 e. The van der Waals surface area contributed by atoms with Crippen molar-refractivity contribution in [2.45, 2.75) is 128 Å². The zero-order valence-corrected chi connectivity index (χ0v) is 42.6. The number of nitrogens with zero attached hydrogens (tertiary/aromatic N) is 2. The lowest BCUT2D eigenvalue weighted by molar-refractivity contribution is 0.304. The Morgan fingerprint density at radius 3 is 0.929 bits per heavy atom. The van der Waals surface area contributed by atoms with E-state index in [1.807, 2.05) is 60.7 Å². The lowest BCUT2D eigenvalue weighted by atomic mass is 9.99. The molecular formula is C62H70F2N2O2S2. The number of unbranched alkanes of at least 4 members (excludes halogenated alkanes) is 18.